The average Bonchev–Trinajstić information content (AvgIpc) is 2.55. The van der Waals surface area contributed by atoms with Gasteiger partial charge in [-0.3, -0.25) is 9.59 Å². The quantitative estimate of drug-likeness (QED) is 0.745. The monoisotopic (exact) mass is 386 g/mol. The highest BCUT2D eigenvalue weighted by atomic mass is 35.5. The number of halogens is 4. The molecule has 2 amide bonds. The fraction of sp³-hybridized carbons (Fsp3) is 0.0625. The summed E-state index contributed by atoms with van der Waals surface area (Å²) in [4.78, 5) is 34.7. The van der Waals surface area contributed by atoms with Crippen LogP contribution in [0.25, 0.3) is 0 Å². The Morgan fingerprint density at radius 3 is 2.15 bits per heavy atom. The van der Waals surface area contributed by atoms with Gasteiger partial charge in [0.05, 0.1) is 22.5 Å². The van der Waals surface area contributed by atoms with Gasteiger partial charge in [0.25, 0.3) is 5.91 Å². The number of benzene rings is 2. The fourth-order valence-corrected chi connectivity index (χ4v) is 2.15. The average molecular weight is 387 g/mol. The molecule has 0 bridgehead atoms. The lowest BCUT2D eigenvalue weighted by Crippen LogP contribution is -2.31. The van der Waals surface area contributed by atoms with Crippen LogP contribution in [0, 0.1) is 0 Å². The van der Waals surface area contributed by atoms with Gasteiger partial charge < -0.3 is 15.7 Å². The molecule has 0 saturated heterocycles. The van der Waals surface area contributed by atoms with Crippen molar-refractivity contribution in [2.75, 3.05) is 10.6 Å². The van der Waals surface area contributed by atoms with Crippen LogP contribution >= 0.6 is 11.6 Å². The number of carbonyl (C=O) groups excluding carboxylic acids is 2. The molecule has 0 spiro atoms. The SMILES string of the molecule is O=C(O)c1cc(Cl)ccc1NC(=O)c1ccccc1NC(=O)C(F)(F)F. The number of rotatable bonds is 4. The molecule has 0 fully saturated rings. The maximum atomic E-state index is 12.4. The number of alkyl halides is 3. The summed E-state index contributed by atoms with van der Waals surface area (Å²) in [5.74, 6) is -4.51. The number of aromatic carboxylic acids is 1. The highest BCUT2D eigenvalue weighted by molar-refractivity contribution is 6.31. The Labute approximate surface area is 149 Å². The minimum absolute atomic E-state index is 0.108. The molecule has 2 aromatic carbocycles. The van der Waals surface area contributed by atoms with E-state index in [0.717, 1.165) is 12.1 Å². The van der Waals surface area contributed by atoms with Crippen LogP contribution < -0.4 is 10.6 Å². The van der Waals surface area contributed by atoms with Crippen molar-refractivity contribution in [1.82, 2.24) is 0 Å². The van der Waals surface area contributed by atoms with Crippen molar-refractivity contribution < 1.29 is 32.7 Å². The third-order valence-corrected chi connectivity index (χ3v) is 3.37. The summed E-state index contributed by atoms with van der Waals surface area (Å²) < 4.78 is 37.2. The van der Waals surface area contributed by atoms with Crippen LogP contribution in [0.5, 0.6) is 0 Å². The molecule has 0 aromatic heterocycles. The zero-order valence-corrected chi connectivity index (χ0v) is 13.5. The van der Waals surface area contributed by atoms with E-state index in [4.69, 9.17) is 16.7 Å². The van der Waals surface area contributed by atoms with Gasteiger partial charge in [0, 0.05) is 5.02 Å². The molecule has 2 rings (SSSR count). The van der Waals surface area contributed by atoms with Gasteiger partial charge in [-0.1, -0.05) is 23.7 Å². The van der Waals surface area contributed by atoms with Crippen LogP contribution in [-0.2, 0) is 4.79 Å². The Balaban J connectivity index is 2.32. The molecule has 3 N–H and O–H groups in total. The Bertz CT molecular complexity index is 884. The Morgan fingerprint density at radius 1 is 0.923 bits per heavy atom. The molecule has 6 nitrogen and oxygen atoms in total. The van der Waals surface area contributed by atoms with E-state index in [9.17, 15) is 27.6 Å². The molecule has 0 atom stereocenters. The van der Waals surface area contributed by atoms with Crippen LogP contribution in [0.3, 0.4) is 0 Å². The topological polar surface area (TPSA) is 95.5 Å². The first-order valence-electron chi connectivity index (χ1n) is 6.91. The zero-order valence-electron chi connectivity index (χ0n) is 12.7. The number of amides is 2. The molecule has 0 unspecified atom stereocenters. The Morgan fingerprint density at radius 2 is 1.54 bits per heavy atom. The van der Waals surface area contributed by atoms with Gasteiger partial charge in [0.15, 0.2) is 0 Å². The van der Waals surface area contributed by atoms with Crippen molar-refractivity contribution in [3.63, 3.8) is 0 Å². The van der Waals surface area contributed by atoms with E-state index in [1.807, 2.05) is 0 Å². The molecule has 136 valence electrons. The normalized spacial score (nSPS) is 10.9. The lowest BCUT2D eigenvalue weighted by Gasteiger charge is -2.13. The van der Waals surface area contributed by atoms with E-state index in [1.54, 1.807) is 5.32 Å². The molecule has 2 aromatic rings. The maximum Gasteiger partial charge on any atom is 0.471 e. The third kappa shape index (κ3) is 4.51. The van der Waals surface area contributed by atoms with Crippen molar-refractivity contribution in [2.45, 2.75) is 6.18 Å². The van der Waals surface area contributed by atoms with Crippen molar-refractivity contribution in [3.8, 4) is 0 Å². The van der Waals surface area contributed by atoms with Crippen molar-refractivity contribution in [2.24, 2.45) is 0 Å². The highest BCUT2D eigenvalue weighted by Gasteiger charge is 2.39. The van der Waals surface area contributed by atoms with Crippen molar-refractivity contribution >= 4 is 40.8 Å². The molecular formula is C16H10ClF3N2O4. The largest absolute Gasteiger partial charge is 0.478 e. The predicted octanol–water partition coefficient (Wildman–Crippen LogP) is 3.79. The van der Waals surface area contributed by atoms with Gasteiger partial charge in [-0.25, -0.2) is 4.79 Å². The summed E-state index contributed by atoms with van der Waals surface area (Å²) in [5.41, 5.74) is -1.07. The molecule has 0 heterocycles. The number of nitrogens with one attached hydrogen (secondary N) is 2. The van der Waals surface area contributed by atoms with E-state index in [2.05, 4.69) is 5.32 Å². The maximum absolute atomic E-state index is 12.4. The number of anilines is 2. The lowest BCUT2D eigenvalue weighted by atomic mass is 10.1. The van der Waals surface area contributed by atoms with Gasteiger partial charge in [-0.2, -0.15) is 13.2 Å². The summed E-state index contributed by atoms with van der Waals surface area (Å²) in [7, 11) is 0. The van der Waals surface area contributed by atoms with Crippen molar-refractivity contribution in [1.29, 1.82) is 0 Å². The minimum atomic E-state index is -5.13. The highest BCUT2D eigenvalue weighted by Crippen LogP contribution is 2.24. The summed E-state index contributed by atoms with van der Waals surface area (Å²) in [6, 6.07) is 8.67. The minimum Gasteiger partial charge on any atom is -0.478 e. The molecule has 10 heteroatoms. The van der Waals surface area contributed by atoms with Crippen LogP contribution in [-0.4, -0.2) is 29.1 Å². The van der Waals surface area contributed by atoms with Crippen molar-refractivity contribution in [3.05, 3.63) is 58.6 Å². The van der Waals surface area contributed by atoms with Crippen LogP contribution in [0.1, 0.15) is 20.7 Å². The number of hydrogen-bond donors (Lipinski definition) is 3. The molecule has 0 aliphatic heterocycles. The second kappa shape index (κ2) is 7.44. The molecule has 26 heavy (non-hydrogen) atoms. The molecule has 0 radical (unpaired) electrons. The van der Waals surface area contributed by atoms with E-state index in [0.29, 0.717) is 0 Å². The molecule has 0 aliphatic rings. The van der Waals surface area contributed by atoms with E-state index in [-0.39, 0.29) is 27.5 Å². The second-order valence-electron chi connectivity index (χ2n) is 4.95. The summed E-state index contributed by atoms with van der Waals surface area (Å²) in [5, 5.41) is 13.1. The van der Waals surface area contributed by atoms with Crippen LogP contribution in [0.4, 0.5) is 24.5 Å². The van der Waals surface area contributed by atoms with Gasteiger partial charge in [0.2, 0.25) is 0 Å². The lowest BCUT2D eigenvalue weighted by molar-refractivity contribution is -0.167. The molecular weight excluding hydrogens is 377 g/mol. The summed E-state index contributed by atoms with van der Waals surface area (Å²) in [6.07, 6.45) is -5.13. The molecule has 0 aliphatic carbocycles. The van der Waals surface area contributed by atoms with Gasteiger partial charge in [-0.05, 0) is 30.3 Å². The molecule has 0 saturated carbocycles. The van der Waals surface area contributed by atoms with Crippen LogP contribution in [0.2, 0.25) is 5.02 Å². The first-order chi connectivity index (χ1) is 12.1. The predicted molar refractivity (Wildman–Crippen MR) is 87.5 cm³/mol. The third-order valence-electron chi connectivity index (χ3n) is 3.14. The fourth-order valence-electron chi connectivity index (χ4n) is 1.98. The van der Waals surface area contributed by atoms with E-state index >= 15 is 0 Å². The Kier molecular flexibility index (Phi) is 5.51. The standard InChI is InChI=1S/C16H10ClF3N2O4/c17-8-5-6-12(10(7-8)14(24)25)21-13(23)9-3-1-2-4-11(9)22-15(26)16(18,19)20/h1-7H,(H,21,23)(H,22,26)(H,24,25). The summed E-state index contributed by atoms with van der Waals surface area (Å²) in [6.45, 7) is 0. The Hall–Kier alpha value is -3.07. The first-order valence-corrected chi connectivity index (χ1v) is 7.29. The second-order valence-corrected chi connectivity index (χ2v) is 5.38. The van der Waals surface area contributed by atoms with Gasteiger partial charge in [-0.15, -0.1) is 0 Å². The number of para-hydroxylation sites is 1. The van der Waals surface area contributed by atoms with Gasteiger partial charge in [0.1, 0.15) is 0 Å². The smallest absolute Gasteiger partial charge is 0.471 e. The van der Waals surface area contributed by atoms with E-state index < -0.39 is 24.0 Å². The number of carbonyl (C=O) groups is 3. The number of carboxylic acid groups (broad SMARTS) is 1. The number of hydrogen-bond acceptors (Lipinski definition) is 3. The summed E-state index contributed by atoms with van der Waals surface area (Å²) >= 11 is 5.71. The number of carboxylic acids is 1. The first kappa shape index (κ1) is 19.3. The zero-order chi connectivity index (χ0) is 19.5. The van der Waals surface area contributed by atoms with Crippen LogP contribution in [0.15, 0.2) is 42.5 Å². The van der Waals surface area contributed by atoms with E-state index in [1.165, 1.54) is 30.3 Å². The van der Waals surface area contributed by atoms with Gasteiger partial charge >= 0.3 is 18.1 Å².